The van der Waals surface area contributed by atoms with Gasteiger partial charge >= 0.3 is 5.97 Å². The lowest BCUT2D eigenvalue weighted by Crippen LogP contribution is -2.24. The number of amides is 1. The fourth-order valence-electron chi connectivity index (χ4n) is 2.56. The third-order valence-corrected chi connectivity index (χ3v) is 4.36. The van der Waals surface area contributed by atoms with Crippen LogP contribution >= 0.6 is 15.9 Å². The van der Waals surface area contributed by atoms with Crippen molar-refractivity contribution in [2.45, 2.75) is 33.2 Å². The average Bonchev–Trinajstić information content (AvgIpc) is 2.59. The minimum absolute atomic E-state index is 0.0864. The highest BCUT2D eigenvalue weighted by Gasteiger charge is 2.14. The van der Waals surface area contributed by atoms with Crippen LogP contribution in [0.2, 0.25) is 0 Å². The Labute approximate surface area is 160 Å². The number of halogens is 2. The number of ether oxygens (including phenoxy) is 1. The van der Waals surface area contributed by atoms with Crippen molar-refractivity contribution < 1.29 is 18.7 Å². The molecule has 1 amide bonds. The van der Waals surface area contributed by atoms with E-state index in [1.807, 2.05) is 19.1 Å². The summed E-state index contributed by atoms with van der Waals surface area (Å²) in [5.74, 6) is -0.977. The van der Waals surface area contributed by atoms with E-state index in [-0.39, 0.29) is 30.7 Å². The zero-order chi connectivity index (χ0) is 19.1. The third kappa shape index (κ3) is 5.66. The van der Waals surface area contributed by atoms with Crippen LogP contribution in [0.4, 0.5) is 4.39 Å². The van der Waals surface area contributed by atoms with Crippen molar-refractivity contribution in [2.24, 2.45) is 0 Å². The largest absolute Gasteiger partial charge is 0.466 e. The van der Waals surface area contributed by atoms with Gasteiger partial charge in [-0.05, 0) is 44.0 Å². The first-order valence-electron chi connectivity index (χ1n) is 8.38. The fraction of sp³-hybridized carbons (Fsp3) is 0.300. The van der Waals surface area contributed by atoms with Gasteiger partial charge in [0.2, 0.25) is 0 Å². The van der Waals surface area contributed by atoms with Gasteiger partial charge in [-0.25, -0.2) is 4.39 Å². The van der Waals surface area contributed by atoms with Gasteiger partial charge in [0.05, 0.1) is 6.61 Å². The molecule has 0 spiro atoms. The predicted molar refractivity (Wildman–Crippen MR) is 101 cm³/mol. The molecule has 4 nitrogen and oxygen atoms in total. The van der Waals surface area contributed by atoms with Crippen LogP contribution in [0.15, 0.2) is 40.9 Å². The Hall–Kier alpha value is -2.21. The molecule has 0 bridgehead atoms. The van der Waals surface area contributed by atoms with Crippen LogP contribution in [0, 0.1) is 12.7 Å². The molecule has 0 aliphatic heterocycles. The molecule has 2 aromatic rings. The smallest absolute Gasteiger partial charge is 0.306 e. The van der Waals surface area contributed by atoms with Crippen molar-refractivity contribution in [1.29, 1.82) is 0 Å². The molecule has 26 heavy (non-hydrogen) atoms. The van der Waals surface area contributed by atoms with Crippen molar-refractivity contribution in [1.82, 2.24) is 5.32 Å². The van der Waals surface area contributed by atoms with Gasteiger partial charge in [0.15, 0.2) is 0 Å². The Balaban J connectivity index is 2.08. The Bertz CT molecular complexity index is 808. The van der Waals surface area contributed by atoms with Crippen LogP contribution in [-0.4, -0.2) is 18.5 Å². The molecule has 0 atom stereocenters. The molecular weight excluding hydrogens is 401 g/mol. The molecule has 138 valence electrons. The van der Waals surface area contributed by atoms with E-state index in [4.69, 9.17) is 4.74 Å². The van der Waals surface area contributed by atoms with Crippen LogP contribution in [0.5, 0.6) is 0 Å². The molecule has 2 aromatic carbocycles. The second-order valence-electron chi connectivity index (χ2n) is 5.88. The summed E-state index contributed by atoms with van der Waals surface area (Å²) in [6.45, 7) is 4.10. The van der Waals surface area contributed by atoms with Crippen molar-refractivity contribution in [3.05, 3.63) is 68.9 Å². The predicted octanol–water partition coefficient (Wildman–Crippen LogP) is 4.32. The summed E-state index contributed by atoms with van der Waals surface area (Å²) < 4.78 is 19.5. The fourth-order valence-corrected chi connectivity index (χ4v) is 2.89. The third-order valence-electron chi connectivity index (χ3n) is 3.86. The molecule has 0 aliphatic carbocycles. The van der Waals surface area contributed by atoms with E-state index >= 15 is 0 Å². The van der Waals surface area contributed by atoms with Gasteiger partial charge in [-0.1, -0.05) is 39.7 Å². The highest BCUT2D eigenvalue weighted by molar-refractivity contribution is 9.10. The van der Waals surface area contributed by atoms with Gasteiger partial charge in [0.25, 0.3) is 5.91 Å². The summed E-state index contributed by atoms with van der Waals surface area (Å²) in [4.78, 5) is 24.1. The summed E-state index contributed by atoms with van der Waals surface area (Å²) in [6, 6.07) is 10.1. The molecule has 6 heteroatoms. The quantitative estimate of drug-likeness (QED) is 0.677. The summed E-state index contributed by atoms with van der Waals surface area (Å²) in [7, 11) is 0. The van der Waals surface area contributed by atoms with Crippen LogP contribution in [0.3, 0.4) is 0 Å². The van der Waals surface area contributed by atoms with E-state index in [1.165, 1.54) is 6.07 Å². The van der Waals surface area contributed by atoms with Crippen molar-refractivity contribution in [3.63, 3.8) is 0 Å². The Kier molecular flexibility index (Phi) is 7.33. The van der Waals surface area contributed by atoms with Crippen LogP contribution in [0.1, 0.15) is 40.4 Å². The number of esters is 1. The molecular formula is C20H21BrFNO3. The lowest BCUT2D eigenvalue weighted by Gasteiger charge is -2.12. The van der Waals surface area contributed by atoms with E-state index in [0.717, 1.165) is 11.1 Å². The molecule has 0 aromatic heterocycles. The van der Waals surface area contributed by atoms with Gasteiger partial charge < -0.3 is 10.1 Å². The van der Waals surface area contributed by atoms with Gasteiger partial charge in [0, 0.05) is 28.6 Å². The zero-order valence-corrected chi connectivity index (χ0v) is 16.4. The Morgan fingerprint density at radius 2 is 1.92 bits per heavy atom. The monoisotopic (exact) mass is 421 g/mol. The zero-order valence-electron chi connectivity index (χ0n) is 14.8. The number of hydrogen-bond donors (Lipinski definition) is 1. The molecule has 0 saturated carbocycles. The second kappa shape index (κ2) is 9.48. The summed E-state index contributed by atoms with van der Waals surface area (Å²) >= 11 is 3.20. The minimum atomic E-state index is -0.383. The minimum Gasteiger partial charge on any atom is -0.466 e. The number of hydrogen-bond acceptors (Lipinski definition) is 3. The van der Waals surface area contributed by atoms with E-state index in [9.17, 15) is 14.0 Å². The molecule has 0 radical (unpaired) electrons. The van der Waals surface area contributed by atoms with Gasteiger partial charge in [-0.3, -0.25) is 9.59 Å². The highest BCUT2D eigenvalue weighted by atomic mass is 79.9. The number of aryl methyl sites for hydroxylation is 2. The van der Waals surface area contributed by atoms with Crippen LogP contribution in [-0.2, 0) is 22.5 Å². The molecule has 1 N–H and O–H groups in total. The van der Waals surface area contributed by atoms with Crippen LogP contribution < -0.4 is 5.32 Å². The molecule has 2 rings (SSSR count). The molecule has 0 fully saturated rings. The van der Waals surface area contributed by atoms with Crippen molar-refractivity contribution in [2.75, 3.05) is 6.61 Å². The Morgan fingerprint density at radius 3 is 2.62 bits per heavy atom. The average molecular weight is 422 g/mol. The van der Waals surface area contributed by atoms with E-state index in [1.54, 1.807) is 25.1 Å². The number of rotatable bonds is 7. The first-order valence-corrected chi connectivity index (χ1v) is 9.17. The maximum Gasteiger partial charge on any atom is 0.306 e. The molecule has 0 saturated heterocycles. The molecule has 0 heterocycles. The standard InChI is InChI=1S/C20H21BrFNO3/c1-3-26-19(24)9-6-14-10-13(2)4-8-17(14)20(25)23-12-15-5-7-16(21)11-18(15)22/h4-5,7-8,10-11H,3,6,9,12H2,1-2H3,(H,23,25). The summed E-state index contributed by atoms with van der Waals surface area (Å²) in [6.07, 6.45) is 0.620. The number of nitrogens with one attached hydrogen (secondary N) is 1. The first-order chi connectivity index (χ1) is 12.4. The normalized spacial score (nSPS) is 10.5. The van der Waals surface area contributed by atoms with E-state index in [2.05, 4.69) is 21.2 Å². The van der Waals surface area contributed by atoms with Crippen LogP contribution in [0.25, 0.3) is 0 Å². The number of carbonyl (C=O) groups is 2. The topological polar surface area (TPSA) is 55.4 Å². The molecule has 0 aliphatic rings. The highest BCUT2D eigenvalue weighted by Crippen LogP contribution is 2.17. The van der Waals surface area contributed by atoms with Crippen molar-refractivity contribution >= 4 is 27.8 Å². The molecule has 0 unspecified atom stereocenters. The lowest BCUT2D eigenvalue weighted by atomic mass is 9.99. The first kappa shape index (κ1) is 20.1. The summed E-state index contributed by atoms with van der Waals surface area (Å²) in [5.41, 5.74) is 2.66. The SMILES string of the molecule is CCOC(=O)CCc1cc(C)ccc1C(=O)NCc1ccc(Br)cc1F. The number of benzene rings is 2. The van der Waals surface area contributed by atoms with Gasteiger partial charge in [0.1, 0.15) is 5.82 Å². The summed E-state index contributed by atoms with van der Waals surface area (Å²) in [5, 5.41) is 2.74. The number of carbonyl (C=O) groups excluding carboxylic acids is 2. The lowest BCUT2D eigenvalue weighted by molar-refractivity contribution is -0.143. The Morgan fingerprint density at radius 1 is 1.15 bits per heavy atom. The second-order valence-corrected chi connectivity index (χ2v) is 6.80. The maximum atomic E-state index is 13.9. The van der Waals surface area contributed by atoms with Gasteiger partial charge in [-0.15, -0.1) is 0 Å². The van der Waals surface area contributed by atoms with Gasteiger partial charge in [-0.2, -0.15) is 0 Å². The van der Waals surface area contributed by atoms with Crippen molar-refractivity contribution in [3.8, 4) is 0 Å². The van der Waals surface area contributed by atoms with E-state index in [0.29, 0.717) is 28.6 Å². The maximum absolute atomic E-state index is 13.9. The van der Waals surface area contributed by atoms with E-state index < -0.39 is 0 Å².